The Morgan fingerprint density at radius 1 is 1.40 bits per heavy atom. The van der Waals surface area contributed by atoms with Crippen molar-refractivity contribution in [3.8, 4) is 0 Å². The minimum atomic E-state index is -0.413. The van der Waals surface area contributed by atoms with Crippen molar-refractivity contribution in [1.82, 2.24) is 15.0 Å². The Kier molecular flexibility index (Phi) is 4.89. The van der Waals surface area contributed by atoms with Gasteiger partial charge in [-0.3, -0.25) is 14.4 Å². The summed E-state index contributed by atoms with van der Waals surface area (Å²) < 4.78 is 0. The summed E-state index contributed by atoms with van der Waals surface area (Å²) in [5.74, 6) is 0.385. The maximum atomic E-state index is 12.8. The van der Waals surface area contributed by atoms with E-state index in [4.69, 9.17) is 4.84 Å². The van der Waals surface area contributed by atoms with E-state index in [0.29, 0.717) is 17.9 Å². The van der Waals surface area contributed by atoms with Crippen LogP contribution in [0.1, 0.15) is 49.6 Å². The molecule has 0 bridgehead atoms. The SMILES string of the molecule is CC[C@@H]1C(=O)N(C)c2cnc(C(=O)N(C)OC)nc2N1C1CCCC1. The molecule has 1 aliphatic heterocycles. The molecular weight excluding hydrogens is 322 g/mol. The average Bonchev–Trinajstić information content (AvgIpc) is 3.16. The summed E-state index contributed by atoms with van der Waals surface area (Å²) in [5.41, 5.74) is 0.651. The molecule has 0 saturated heterocycles. The molecule has 1 saturated carbocycles. The van der Waals surface area contributed by atoms with Crippen molar-refractivity contribution in [3.63, 3.8) is 0 Å². The summed E-state index contributed by atoms with van der Waals surface area (Å²) in [4.78, 5) is 42.5. The van der Waals surface area contributed by atoms with Crippen LogP contribution < -0.4 is 9.80 Å². The number of amides is 2. The normalized spacial score (nSPS) is 20.8. The zero-order valence-electron chi connectivity index (χ0n) is 15.2. The Morgan fingerprint density at radius 2 is 2.08 bits per heavy atom. The fourth-order valence-electron chi connectivity index (χ4n) is 3.71. The van der Waals surface area contributed by atoms with E-state index in [9.17, 15) is 9.59 Å². The van der Waals surface area contributed by atoms with Crippen LogP contribution in [0.15, 0.2) is 6.20 Å². The van der Waals surface area contributed by atoms with Crippen molar-refractivity contribution in [1.29, 1.82) is 0 Å². The lowest BCUT2D eigenvalue weighted by atomic mass is 10.0. The van der Waals surface area contributed by atoms with Crippen LogP contribution in [0.5, 0.6) is 0 Å². The molecule has 8 nitrogen and oxygen atoms in total. The smallest absolute Gasteiger partial charge is 0.314 e. The van der Waals surface area contributed by atoms with Crippen LogP contribution in [-0.4, -0.2) is 60.1 Å². The average molecular weight is 347 g/mol. The molecule has 3 rings (SSSR count). The second-order valence-corrected chi connectivity index (χ2v) is 6.55. The first kappa shape index (κ1) is 17.6. The Bertz CT molecular complexity index is 674. The zero-order chi connectivity index (χ0) is 18.1. The summed E-state index contributed by atoms with van der Waals surface area (Å²) in [7, 11) is 4.67. The molecule has 1 atom stereocenters. The van der Waals surface area contributed by atoms with Gasteiger partial charge in [0, 0.05) is 20.1 Å². The predicted octanol–water partition coefficient (Wildman–Crippen LogP) is 1.61. The number of rotatable bonds is 4. The summed E-state index contributed by atoms with van der Waals surface area (Å²) in [6.45, 7) is 2.01. The summed E-state index contributed by atoms with van der Waals surface area (Å²) in [6, 6.07) is 0.0259. The number of aromatic nitrogens is 2. The van der Waals surface area contributed by atoms with Gasteiger partial charge >= 0.3 is 5.91 Å². The lowest BCUT2D eigenvalue weighted by molar-refractivity contribution is -0.120. The van der Waals surface area contributed by atoms with E-state index in [1.165, 1.54) is 14.2 Å². The van der Waals surface area contributed by atoms with Gasteiger partial charge in [0.25, 0.3) is 0 Å². The summed E-state index contributed by atoms with van der Waals surface area (Å²) in [5, 5.41) is 1.09. The van der Waals surface area contributed by atoms with E-state index >= 15 is 0 Å². The molecule has 0 N–H and O–H groups in total. The van der Waals surface area contributed by atoms with Crippen LogP contribution >= 0.6 is 0 Å². The van der Waals surface area contributed by atoms with Crippen molar-refractivity contribution >= 4 is 23.3 Å². The first-order chi connectivity index (χ1) is 12.0. The zero-order valence-corrected chi connectivity index (χ0v) is 15.2. The number of carbonyl (C=O) groups is 2. The Balaban J connectivity index is 2.08. The molecule has 2 aliphatic rings. The van der Waals surface area contributed by atoms with Gasteiger partial charge in [0.1, 0.15) is 11.7 Å². The molecule has 0 aromatic carbocycles. The number of hydrogen-bond donors (Lipinski definition) is 0. The standard InChI is InChI=1S/C17H25N5O3/c1-5-12-16(23)20(2)13-10-18-14(17(24)21(3)25-4)19-15(13)22(12)11-8-6-7-9-11/h10-12H,5-9H2,1-4H3/t12-/m1/s1. The summed E-state index contributed by atoms with van der Waals surface area (Å²) >= 11 is 0. The minimum Gasteiger partial charge on any atom is -0.340 e. The van der Waals surface area contributed by atoms with Gasteiger partial charge in [-0.2, -0.15) is 0 Å². The highest BCUT2D eigenvalue weighted by molar-refractivity contribution is 6.04. The van der Waals surface area contributed by atoms with E-state index < -0.39 is 5.91 Å². The van der Waals surface area contributed by atoms with Crippen molar-refractivity contribution in [2.75, 3.05) is 31.0 Å². The third-order valence-corrected chi connectivity index (χ3v) is 5.16. The maximum Gasteiger partial charge on any atom is 0.314 e. The molecule has 1 fully saturated rings. The quantitative estimate of drug-likeness (QED) is 0.770. The van der Waals surface area contributed by atoms with E-state index in [-0.39, 0.29) is 23.8 Å². The first-order valence-electron chi connectivity index (χ1n) is 8.74. The number of hydroxylamine groups is 2. The molecular formula is C17H25N5O3. The Hall–Kier alpha value is -2.22. The second kappa shape index (κ2) is 6.95. The largest absolute Gasteiger partial charge is 0.340 e. The fourth-order valence-corrected chi connectivity index (χ4v) is 3.71. The predicted molar refractivity (Wildman–Crippen MR) is 93.4 cm³/mol. The highest BCUT2D eigenvalue weighted by Crippen LogP contribution is 2.39. The van der Waals surface area contributed by atoms with E-state index in [0.717, 1.165) is 30.7 Å². The molecule has 2 heterocycles. The topological polar surface area (TPSA) is 78.9 Å². The van der Waals surface area contributed by atoms with Gasteiger partial charge in [-0.05, 0) is 19.3 Å². The van der Waals surface area contributed by atoms with Gasteiger partial charge in [0.15, 0.2) is 5.82 Å². The number of likely N-dealkylation sites (N-methyl/N-ethyl adjacent to an activating group) is 1. The maximum absolute atomic E-state index is 12.8. The molecule has 0 radical (unpaired) electrons. The number of carbonyl (C=O) groups excluding carboxylic acids is 2. The van der Waals surface area contributed by atoms with Gasteiger partial charge < -0.3 is 9.80 Å². The lowest BCUT2D eigenvalue weighted by Gasteiger charge is -2.43. The number of nitrogens with zero attached hydrogens (tertiary/aromatic N) is 5. The van der Waals surface area contributed by atoms with Crippen LogP contribution in [0.2, 0.25) is 0 Å². The number of anilines is 2. The van der Waals surface area contributed by atoms with Crippen molar-refractivity contribution in [2.24, 2.45) is 0 Å². The molecule has 2 amide bonds. The molecule has 1 aromatic rings. The van der Waals surface area contributed by atoms with Gasteiger partial charge in [0.05, 0.1) is 13.3 Å². The summed E-state index contributed by atoms with van der Waals surface area (Å²) in [6.07, 6.45) is 6.64. The molecule has 0 unspecified atom stereocenters. The van der Waals surface area contributed by atoms with Crippen molar-refractivity contribution in [3.05, 3.63) is 12.0 Å². The van der Waals surface area contributed by atoms with Gasteiger partial charge in [0.2, 0.25) is 11.7 Å². The van der Waals surface area contributed by atoms with Gasteiger partial charge in [-0.25, -0.2) is 15.0 Å². The molecule has 8 heteroatoms. The van der Waals surface area contributed by atoms with Crippen molar-refractivity contribution in [2.45, 2.75) is 51.1 Å². The minimum absolute atomic E-state index is 0.0542. The van der Waals surface area contributed by atoms with Crippen LogP contribution in [0.3, 0.4) is 0 Å². The Labute approximate surface area is 147 Å². The van der Waals surface area contributed by atoms with Crippen LogP contribution in [-0.2, 0) is 9.63 Å². The van der Waals surface area contributed by atoms with Crippen LogP contribution in [0, 0.1) is 0 Å². The van der Waals surface area contributed by atoms with Crippen LogP contribution in [0.25, 0.3) is 0 Å². The molecule has 0 spiro atoms. The lowest BCUT2D eigenvalue weighted by Crippen LogP contribution is -2.55. The number of hydrogen-bond acceptors (Lipinski definition) is 6. The first-order valence-corrected chi connectivity index (χ1v) is 8.74. The Morgan fingerprint density at radius 3 is 2.68 bits per heavy atom. The molecule has 1 aliphatic carbocycles. The third-order valence-electron chi connectivity index (χ3n) is 5.16. The molecule has 25 heavy (non-hydrogen) atoms. The van der Waals surface area contributed by atoms with Crippen molar-refractivity contribution < 1.29 is 14.4 Å². The fraction of sp³-hybridized carbons (Fsp3) is 0.647. The van der Waals surface area contributed by atoms with E-state index in [2.05, 4.69) is 14.9 Å². The highest BCUT2D eigenvalue weighted by atomic mass is 16.7. The van der Waals surface area contributed by atoms with Gasteiger partial charge in [-0.1, -0.05) is 19.8 Å². The van der Waals surface area contributed by atoms with Crippen LogP contribution in [0.4, 0.5) is 11.5 Å². The molecule has 1 aromatic heterocycles. The molecule has 136 valence electrons. The second-order valence-electron chi connectivity index (χ2n) is 6.55. The van der Waals surface area contributed by atoms with E-state index in [1.54, 1.807) is 18.1 Å². The number of fused-ring (bicyclic) bond motifs is 1. The highest BCUT2D eigenvalue weighted by Gasteiger charge is 2.41. The van der Waals surface area contributed by atoms with E-state index in [1.807, 2.05) is 6.92 Å². The third kappa shape index (κ3) is 2.95. The monoisotopic (exact) mass is 347 g/mol. The van der Waals surface area contributed by atoms with Gasteiger partial charge in [-0.15, -0.1) is 0 Å².